The van der Waals surface area contributed by atoms with E-state index in [2.05, 4.69) is 519 Å². The van der Waals surface area contributed by atoms with Gasteiger partial charge in [-0.25, -0.2) is 19.9 Å². The Morgan fingerprint density at radius 3 is 0.928 bits per heavy atom. The van der Waals surface area contributed by atoms with Crippen LogP contribution in [0.25, 0.3) is 114 Å². The summed E-state index contributed by atoms with van der Waals surface area (Å²) in [5, 5.41) is 25.7. The molecule has 662 valence electrons. The number of anilines is 17. The summed E-state index contributed by atoms with van der Waals surface area (Å²) >= 11 is 0. The van der Waals surface area contributed by atoms with Crippen LogP contribution >= 0.6 is 0 Å². The molecule has 0 atom stereocenters. The minimum absolute atomic E-state index is 0.877. The molecule has 0 radical (unpaired) electrons. The van der Waals surface area contributed by atoms with Crippen molar-refractivity contribution in [2.45, 2.75) is 34.6 Å². The average molecular weight is 1790 g/mol. The van der Waals surface area contributed by atoms with E-state index in [1.807, 2.05) is 36.9 Å². The fourth-order valence-electron chi connectivity index (χ4n) is 20.5. The van der Waals surface area contributed by atoms with Gasteiger partial charge in [-0.3, -0.25) is 19.6 Å². The molecular formula is C129H96N10. The van der Waals surface area contributed by atoms with Crippen molar-refractivity contribution in [1.29, 1.82) is 0 Å². The number of benzene rings is 21. The van der Waals surface area contributed by atoms with Crippen molar-refractivity contribution in [3.63, 3.8) is 0 Å². The molecule has 0 bridgehead atoms. The van der Waals surface area contributed by atoms with Crippen molar-refractivity contribution in [1.82, 2.24) is 19.9 Å². The van der Waals surface area contributed by atoms with E-state index >= 15 is 0 Å². The number of hydrogen-bond donors (Lipinski definition) is 0. The fraction of sp³-hybridized carbons (Fsp3) is 0.0388. The van der Waals surface area contributed by atoms with E-state index in [4.69, 9.17) is 19.9 Å². The molecule has 0 amide bonds. The van der Waals surface area contributed by atoms with E-state index in [1.54, 1.807) is 0 Å². The van der Waals surface area contributed by atoms with Gasteiger partial charge in [-0.05, 0) is 295 Å². The van der Waals surface area contributed by atoms with E-state index in [0.717, 1.165) is 103 Å². The van der Waals surface area contributed by atoms with Crippen LogP contribution in [-0.4, -0.2) is 19.9 Å². The molecule has 0 N–H and O–H groups in total. The van der Waals surface area contributed by atoms with Crippen LogP contribution < -0.4 is 34.6 Å². The standard InChI is InChI=1S/C48H34N4.C41H32N2.C40H30N4/c1-31-29-43(51(45-21-7-9-27-49-45)41-19-11-15-33-13-3-5-17-37(33)41)39-26-24-36-32(2)30-44(40-25-23-35(31)47(39)48(36)40)52(46-22-8-10-28-50-46)42-20-12-16-34-14-4-6-18-38(34)42;1-31-24-25-33-27-29-39(43(36-20-10-4-11-21-36)37-22-12-5-13-23-37)38-28-26-32(40(31)41(33)38)15-14-30-42(34-16-6-2-7-17-34)35-18-8-3-9-19-35;1-27-13-23-37(41-25-27)43(31-9-5-3-6-10-31)35-21-17-29-16-20-34-36(22-18-30-15-19-33(35)39(29)40(30)34)44(32-11-7-4-8-12-32)38-24-14-28(2)26-42-38/h3-30H,1-2H3;2-30H,1H3;3-26H,1-2H3/b;30-14+,32-15-;. The Morgan fingerprint density at radius 1 is 0.194 bits per heavy atom. The van der Waals surface area contributed by atoms with Crippen LogP contribution in [-0.2, 0) is 0 Å². The predicted molar refractivity (Wildman–Crippen MR) is 589 cm³/mol. The maximum Gasteiger partial charge on any atom is 0.137 e. The minimum atomic E-state index is 0.877. The van der Waals surface area contributed by atoms with Gasteiger partial charge in [0.25, 0.3) is 0 Å². The van der Waals surface area contributed by atoms with Crippen LogP contribution in [0, 0.1) is 34.6 Å². The second kappa shape index (κ2) is 37.0. The van der Waals surface area contributed by atoms with Crippen LogP contribution in [0.4, 0.5) is 97.2 Å². The second-order valence-electron chi connectivity index (χ2n) is 35.6. The molecule has 21 aromatic carbocycles. The van der Waals surface area contributed by atoms with Gasteiger partial charge >= 0.3 is 0 Å². The Labute approximate surface area is 808 Å². The van der Waals surface area contributed by atoms with Gasteiger partial charge in [-0.15, -0.1) is 0 Å². The molecule has 0 aliphatic heterocycles. The van der Waals surface area contributed by atoms with E-state index in [1.165, 1.54) is 135 Å². The number of aromatic nitrogens is 4. The topological polar surface area (TPSA) is 71.0 Å². The summed E-state index contributed by atoms with van der Waals surface area (Å²) in [6.45, 7) is 10.8. The third-order valence-electron chi connectivity index (χ3n) is 26.9. The normalized spacial score (nSPS) is 11.6. The van der Waals surface area contributed by atoms with Crippen molar-refractivity contribution in [3.05, 3.63) is 519 Å². The van der Waals surface area contributed by atoms with Crippen molar-refractivity contribution in [3.8, 4) is 0 Å². The number of rotatable bonds is 19. The SMILES string of the molecule is Cc1cc(N(c2ccccn2)c2cccc3ccccc23)c2ccc3c(C)cc(N(c4ccccn4)c4cccc5ccccc45)c4ccc1c2c34.Cc1ccc(N(c2ccccc2)c2ccc3ccc4c(N(c5ccccc5)c5ccc(C)cn5)ccc5ccc2c3c54)nc1.Cc1ccc2ccc(N(c3ccccc3)c3ccccc3)c3cc/c(=C/C=C/N(c4ccccc4)c4ccccc4)c1c23. The highest BCUT2D eigenvalue weighted by atomic mass is 15.2. The van der Waals surface area contributed by atoms with Gasteiger partial charge in [0.15, 0.2) is 0 Å². The highest BCUT2D eigenvalue weighted by Crippen LogP contribution is 2.53. The third kappa shape index (κ3) is 16.0. The van der Waals surface area contributed by atoms with Crippen LogP contribution in [0.1, 0.15) is 27.8 Å². The molecule has 4 aromatic heterocycles. The smallest absolute Gasteiger partial charge is 0.137 e. The average Bonchev–Trinajstić information content (AvgIpc) is 0.707. The largest absolute Gasteiger partial charge is 0.317 e. The molecule has 25 rings (SSSR count). The van der Waals surface area contributed by atoms with Gasteiger partial charge in [0.1, 0.15) is 23.3 Å². The maximum absolute atomic E-state index is 4.93. The molecule has 0 fully saturated rings. The maximum atomic E-state index is 4.93. The highest BCUT2D eigenvalue weighted by molar-refractivity contribution is 6.31. The molecule has 0 saturated carbocycles. The van der Waals surface area contributed by atoms with Gasteiger partial charge in [-0.2, -0.15) is 0 Å². The third-order valence-corrected chi connectivity index (χ3v) is 26.9. The number of nitrogens with zero attached hydrogens (tertiary/aromatic N) is 10. The lowest BCUT2D eigenvalue weighted by Gasteiger charge is -2.30. The first-order valence-electron chi connectivity index (χ1n) is 47.4. The summed E-state index contributed by atoms with van der Waals surface area (Å²) in [6.07, 6.45) is 14.2. The summed E-state index contributed by atoms with van der Waals surface area (Å²) in [6, 6.07) is 160. The molecule has 0 saturated heterocycles. The Kier molecular flexibility index (Phi) is 22.7. The van der Waals surface area contributed by atoms with Crippen molar-refractivity contribution in [2.75, 3.05) is 29.4 Å². The molecular weight excluding hydrogens is 1690 g/mol. The van der Waals surface area contributed by atoms with E-state index in [-0.39, 0.29) is 0 Å². The van der Waals surface area contributed by atoms with Gasteiger partial charge in [-0.1, -0.05) is 303 Å². The molecule has 10 nitrogen and oxygen atoms in total. The number of pyridine rings is 4. The number of para-hydroxylation sites is 6. The quantitative estimate of drug-likeness (QED) is 0.0731. The molecule has 10 heteroatoms. The lowest BCUT2D eigenvalue weighted by Crippen LogP contribution is -2.14. The molecule has 0 aliphatic carbocycles. The Morgan fingerprint density at radius 2 is 0.518 bits per heavy atom. The molecule has 0 unspecified atom stereocenters. The van der Waals surface area contributed by atoms with Crippen LogP contribution in [0.5, 0.6) is 0 Å². The zero-order chi connectivity index (χ0) is 93.4. The summed E-state index contributed by atoms with van der Waals surface area (Å²) in [7, 11) is 0. The Balaban J connectivity index is 0.000000117. The first-order chi connectivity index (χ1) is 68.6. The lowest BCUT2D eigenvalue weighted by atomic mass is 9.88. The zero-order valence-electron chi connectivity index (χ0n) is 77.7. The molecule has 0 aliphatic rings. The minimum Gasteiger partial charge on any atom is -0.317 e. The fourth-order valence-corrected chi connectivity index (χ4v) is 20.5. The Hall–Kier alpha value is -18.1. The predicted octanol–water partition coefficient (Wildman–Crippen LogP) is 34.8. The van der Waals surface area contributed by atoms with Gasteiger partial charge in [0.05, 0.1) is 39.8 Å². The number of fused-ring (bicyclic) bond motifs is 2. The van der Waals surface area contributed by atoms with Gasteiger partial charge in [0, 0.05) is 103 Å². The van der Waals surface area contributed by atoms with Crippen molar-refractivity contribution < 1.29 is 0 Å². The monoisotopic (exact) mass is 1780 g/mol. The molecule has 4 heterocycles. The number of hydrogen-bond acceptors (Lipinski definition) is 10. The molecule has 0 spiro atoms. The van der Waals surface area contributed by atoms with Gasteiger partial charge < -0.3 is 9.80 Å². The molecule has 139 heavy (non-hydrogen) atoms. The van der Waals surface area contributed by atoms with E-state index in [0.29, 0.717) is 0 Å². The first-order valence-corrected chi connectivity index (χ1v) is 47.4. The summed E-state index contributed by atoms with van der Waals surface area (Å²) < 4.78 is 0. The van der Waals surface area contributed by atoms with E-state index < -0.39 is 0 Å². The number of allylic oxidation sites excluding steroid dienone is 1. The van der Waals surface area contributed by atoms with Crippen LogP contribution in [0.15, 0.2) is 486 Å². The summed E-state index contributed by atoms with van der Waals surface area (Å²) in [4.78, 5) is 33.4. The highest BCUT2D eigenvalue weighted by Gasteiger charge is 2.29. The lowest BCUT2D eigenvalue weighted by molar-refractivity contribution is 1.17. The van der Waals surface area contributed by atoms with Crippen molar-refractivity contribution >= 4 is 211 Å². The second-order valence-corrected chi connectivity index (χ2v) is 35.6. The summed E-state index contributed by atoms with van der Waals surface area (Å²) in [5.41, 5.74) is 20.4. The van der Waals surface area contributed by atoms with Gasteiger partial charge in [0.2, 0.25) is 0 Å². The van der Waals surface area contributed by atoms with Crippen molar-refractivity contribution in [2.24, 2.45) is 0 Å². The summed E-state index contributed by atoms with van der Waals surface area (Å²) in [5.74, 6) is 3.53. The Bertz CT molecular complexity index is 8410. The number of aryl methyl sites for hydroxylation is 5. The van der Waals surface area contributed by atoms with Crippen LogP contribution in [0.2, 0.25) is 0 Å². The van der Waals surface area contributed by atoms with E-state index in [9.17, 15) is 0 Å². The van der Waals surface area contributed by atoms with Crippen LogP contribution in [0.3, 0.4) is 0 Å². The molecule has 25 aromatic rings. The zero-order valence-corrected chi connectivity index (χ0v) is 77.7. The first kappa shape index (κ1) is 85.1.